The van der Waals surface area contributed by atoms with Gasteiger partial charge in [-0.1, -0.05) is 29.8 Å². The summed E-state index contributed by atoms with van der Waals surface area (Å²) < 4.78 is 71.8. The highest BCUT2D eigenvalue weighted by molar-refractivity contribution is 7.92. The molecule has 1 amide bonds. The molecule has 11 heteroatoms. The Hall–Kier alpha value is -3.24. The van der Waals surface area contributed by atoms with Crippen molar-refractivity contribution in [1.82, 2.24) is 0 Å². The molecule has 0 radical (unpaired) electrons. The molecule has 0 unspecified atom stereocenters. The highest BCUT2D eigenvalue weighted by atomic mass is 35.5. The van der Waals surface area contributed by atoms with Crippen LogP contribution in [-0.2, 0) is 21.0 Å². The minimum Gasteiger partial charge on any atom is -0.497 e. The summed E-state index contributed by atoms with van der Waals surface area (Å²) in [5.74, 6) is -0.396. The molecule has 0 atom stereocenters. The number of alkyl halides is 3. The molecule has 0 bridgehead atoms. The van der Waals surface area contributed by atoms with E-state index in [0.29, 0.717) is 11.8 Å². The quantitative estimate of drug-likeness (QED) is 0.486. The Balaban J connectivity index is 1.91. The monoisotopic (exact) mass is 498 g/mol. The maximum absolute atomic E-state index is 13.3. The minimum atomic E-state index is -4.72. The van der Waals surface area contributed by atoms with Gasteiger partial charge in [0, 0.05) is 5.69 Å². The summed E-state index contributed by atoms with van der Waals surface area (Å²) >= 11 is 5.60. The van der Waals surface area contributed by atoms with Gasteiger partial charge in [-0.15, -0.1) is 0 Å². The first kappa shape index (κ1) is 24.4. The van der Waals surface area contributed by atoms with Crippen molar-refractivity contribution in [1.29, 1.82) is 0 Å². The molecular formula is C22H18ClF3N2O4S. The number of hydrogen-bond donors (Lipinski definition) is 1. The lowest BCUT2D eigenvalue weighted by atomic mass is 10.2. The van der Waals surface area contributed by atoms with E-state index in [-0.39, 0.29) is 16.3 Å². The number of halogens is 4. The molecule has 33 heavy (non-hydrogen) atoms. The normalized spacial score (nSPS) is 11.7. The molecule has 0 spiro atoms. The van der Waals surface area contributed by atoms with Crippen molar-refractivity contribution >= 4 is 38.9 Å². The van der Waals surface area contributed by atoms with E-state index in [1.165, 1.54) is 49.6 Å². The number of para-hydroxylation sites is 1. The molecule has 6 nitrogen and oxygen atoms in total. The number of ether oxygens (including phenoxy) is 1. The first-order valence-electron chi connectivity index (χ1n) is 9.41. The van der Waals surface area contributed by atoms with Gasteiger partial charge in [-0.3, -0.25) is 9.10 Å². The van der Waals surface area contributed by atoms with Gasteiger partial charge in [-0.25, -0.2) is 8.42 Å². The summed E-state index contributed by atoms with van der Waals surface area (Å²) in [6, 6.07) is 16.3. The van der Waals surface area contributed by atoms with Gasteiger partial charge in [-0.2, -0.15) is 13.2 Å². The van der Waals surface area contributed by atoms with Crippen molar-refractivity contribution in [3.05, 3.63) is 83.4 Å². The van der Waals surface area contributed by atoms with E-state index in [9.17, 15) is 26.4 Å². The molecular weight excluding hydrogens is 481 g/mol. The second kappa shape index (κ2) is 9.72. The van der Waals surface area contributed by atoms with Crippen LogP contribution in [0.3, 0.4) is 0 Å². The summed E-state index contributed by atoms with van der Waals surface area (Å²) in [6.45, 7) is -0.678. The molecule has 174 valence electrons. The van der Waals surface area contributed by atoms with E-state index in [0.717, 1.165) is 10.4 Å². The van der Waals surface area contributed by atoms with E-state index in [2.05, 4.69) is 5.32 Å². The Morgan fingerprint density at radius 1 is 1.03 bits per heavy atom. The van der Waals surface area contributed by atoms with Crippen LogP contribution in [0.2, 0.25) is 5.02 Å². The van der Waals surface area contributed by atoms with Crippen molar-refractivity contribution < 1.29 is 31.1 Å². The molecule has 1 N–H and O–H groups in total. The smallest absolute Gasteiger partial charge is 0.417 e. The molecule has 3 rings (SSSR count). The highest BCUT2D eigenvalue weighted by Gasteiger charge is 2.33. The third-order valence-electron chi connectivity index (χ3n) is 4.53. The number of methoxy groups -OCH3 is 1. The fourth-order valence-corrected chi connectivity index (χ4v) is 4.58. The number of nitrogens with zero attached hydrogens (tertiary/aromatic N) is 1. The number of benzene rings is 3. The number of rotatable bonds is 7. The van der Waals surface area contributed by atoms with Crippen LogP contribution in [-0.4, -0.2) is 28.0 Å². The number of carbonyl (C=O) groups is 1. The van der Waals surface area contributed by atoms with E-state index in [1.807, 2.05) is 0 Å². The SMILES string of the molecule is COc1ccc(S(=O)(=O)N(CC(=O)Nc2ccc(Cl)c(C(F)(F)F)c2)c2ccccc2)cc1. The predicted octanol–water partition coefficient (Wildman–Crippen LogP) is 5.20. The molecule has 0 aromatic heterocycles. The van der Waals surface area contributed by atoms with E-state index in [1.54, 1.807) is 18.2 Å². The Morgan fingerprint density at radius 3 is 2.24 bits per heavy atom. The highest BCUT2D eigenvalue weighted by Crippen LogP contribution is 2.36. The molecule has 0 heterocycles. The Kier molecular flexibility index (Phi) is 7.19. The maximum atomic E-state index is 13.3. The first-order chi connectivity index (χ1) is 15.5. The zero-order valence-electron chi connectivity index (χ0n) is 17.1. The zero-order chi connectivity index (χ0) is 24.2. The van der Waals surface area contributed by atoms with Gasteiger partial charge in [-0.05, 0) is 54.6 Å². The lowest BCUT2D eigenvalue weighted by molar-refractivity contribution is -0.137. The summed E-state index contributed by atoms with van der Waals surface area (Å²) in [5.41, 5.74) is -1.09. The number of hydrogen-bond acceptors (Lipinski definition) is 4. The van der Waals surface area contributed by atoms with Crippen LogP contribution >= 0.6 is 11.6 Å². The summed E-state index contributed by atoms with van der Waals surface area (Å²) in [6.07, 6.45) is -4.72. The van der Waals surface area contributed by atoms with Gasteiger partial charge in [0.15, 0.2) is 0 Å². The van der Waals surface area contributed by atoms with Crippen molar-refractivity contribution in [2.45, 2.75) is 11.1 Å². The summed E-state index contributed by atoms with van der Waals surface area (Å²) in [7, 11) is -2.75. The van der Waals surface area contributed by atoms with Gasteiger partial charge < -0.3 is 10.1 Å². The van der Waals surface area contributed by atoms with Gasteiger partial charge in [0.05, 0.1) is 28.3 Å². The number of carbonyl (C=O) groups excluding carboxylic acids is 1. The predicted molar refractivity (Wildman–Crippen MR) is 119 cm³/mol. The van der Waals surface area contributed by atoms with Crippen molar-refractivity contribution in [2.24, 2.45) is 0 Å². The number of sulfonamides is 1. The van der Waals surface area contributed by atoms with Crippen LogP contribution < -0.4 is 14.4 Å². The number of anilines is 2. The molecule has 0 fully saturated rings. The molecule has 0 aliphatic heterocycles. The number of amides is 1. The van der Waals surface area contributed by atoms with Crippen LogP contribution in [0.1, 0.15) is 5.56 Å². The van der Waals surface area contributed by atoms with E-state index < -0.39 is 39.2 Å². The van der Waals surface area contributed by atoms with Gasteiger partial charge in [0.1, 0.15) is 12.3 Å². The molecule has 0 saturated heterocycles. The average Bonchev–Trinajstić information content (AvgIpc) is 2.78. The second-order valence-electron chi connectivity index (χ2n) is 6.76. The van der Waals surface area contributed by atoms with Crippen LogP contribution in [0, 0.1) is 0 Å². The van der Waals surface area contributed by atoms with Gasteiger partial charge >= 0.3 is 6.18 Å². The lowest BCUT2D eigenvalue weighted by Gasteiger charge is -2.24. The molecule has 3 aromatic carbocycles. The van der Waals surface area contributed by atoms with E-state index in [4.69, 9.17) is 16.3 Å². The fourth-order valence-electron chi connectivity index (χ4n) is 2.94. The Morgan fingerprint density at radius 2 is 1.67 bits per heavy atom. The van der Waals surface area contributed by atoms with Gasteiger partial charge in [0.25, 0.3) is 10.0 Å². The van der Waals surface area contributed by atoms with Crippen LogP contribution in [0.25, 0.3) is 0 Å². The average molecular weight is 499 g/mol. The molecule has 0 saturated carbocycles. The largest absolute Gasteiger partial charge is 0.497 e. The molecule has 0 aliphatic rings. The first-order valence-corrected chi connectivity index (χ1v) is 11.2. The maximum Gasteiger partial charge on any atom is 0.417 e. The van der Waals surface area contributed by atoms with E-state index >= 15 is 0 Å². The Labute approximate surface area is 193 Å². The summed E-state index contributed by atoms with van der Waals surface area (Å²) in [4.78, 5) is 12.6. The van der Waals surface area contributed by atoms with Crippen molar-refractivity contribution in [3.8, 4) is 5.75 Å². The summed E-state index contributed by atoms with van der Waals surface area (Å²) in [5, 5.41) is 1.78. The van der Waals surface area contributed by atoms with Crippen LogP contribution in [0.4, 0.5) is 24.5 Å². The van der Waals surface area contributed by atoms with Crippen LogP contribution in [0.5, 0.6) is 5.75 Å². The van der Waals surface area contributed by atoms with Gasteiger partial charge in [0.2, 0.25) is 5.91 Å². The third-order valence-corrected chi connectivity index (χ3v) is 6.65. The lowest BCUT2D eigenvalue weighted by Crippen LogP contribution is -2.38. The van der Waals surface area contributed by atoms with Crippen LogP contribution in [0.15, 0.2) is 77.7 Å². The fraction of sp³-hybridized carbons (Fsp3) is 0.136. The van der Waals surface area contributed by atoms with Crippen molar-refractivity contribution in [2.75, 3.05) is 23.3 Å². The number of nitrogens with one attached hydrogen (secondary N) is 1. The minimum absolute atomic E-state index is 0.0918. The third kappa shape index (κ3) is 5.77. The molecule has 3 aromatic rings. The molecule has 0 aliphatic carbocycles. The zero-order valence-corrected chi connectivity index (χ0v) is 18.7. The standard InChI is InChI=1S/C22H18ClF3N2O4S/c1-32-17-8-10-18(11-9-17)33(30,31)28(16-5-3-2-4-6-16)14-21(29)27-15-7-12-20(23)19(13-15)22(24,25)26/h2-13H,14H2,1H3,(H,27,29). The Bertz CT molecular complexity index is 1230. The second-order valence-corrected chi connectivity index (χ2v) is 9.03. The van der Waals surface area contributed by atoms with Crippen molar-refractivity contribution in [3.63, 3.8) is 0 Å². The topological polar surface area (TPSA) is 75.7 Å².